The van der Waals surface area contributed by atoms with Gasteiger partial charge in [0.2, 0.25) is 0 Å². The van der Waals surface area contributed by atoms with Crippen molar-refractivity contribution < 1.29 is 0 Å². The van der Waals surface area contributed by atoms with E-state index in [1.807, 2.05) is 0 Å². The highest BCUT2D eigenvalue weighted by Crippen LogP contribution is 2.30. The minimum atomic E-state index is 0.723. The molecular weight excluding hydrogens is 300 g/mol. The number of rotatable bonds is 5. The molecule has 2 N–H and O–H groups in total. The van der Waals surface area contributed by atoms with Crippen molar-refractivity contribution in [3.05, 3.63) is 28.2 Å². The monoisotopic (exact) mass is 324 g/mol. The maximum Gasteiger partial charge on any atom is 0.0410 e. The van der Waals surface area contributed by atoms with Crippen LogP contribution in [0.3, 0.4) is 0 Å². The summed E-state index contributed by atoms with van der Waals surface area (Å²) in [6, 6.07) is 6.59. The van der Waals surface area contributed by atoms with E-state index in [-0.39, 0.29) is 0 Å². The minimum absolute atomic E-state index is 0.723. The fourth-order valence-electron chi connectivity index (χ4n) is 3.07. The summed E-state index contributed by atoms with van der Waals surface area (Å²) in [4.78, 5) is 2.54. The number of anilines is 1. The molecule has 1 fully saturated rings. The Bertz CT molecular complexity index is 398. The molecule has 0 aromatic heterocycles. The summed E-state index contributed by atoms with van der Waals surface area (Å²) in [5, 5.41) is 0. The lowest BCUT2D eigenvalue weighted by Gasteiger charge is -2.35. The Morgan fingerprint density at radius 3 is 2.68 bits per heavy atom. The largest absolute Gasteiger partial charge is 0.371 e. The quantitative estimate of drug-likeness (QED) is 0.888. The van der Waals surface area contributed by atoms with Gasteiger partial charge in [-0.05, 0) is 49.4 Å². The fourth-order valence-corrected chi connectivity index (χ4v) is 3.42. The van der Waals surface area contributed by atoms with Crippen LogP contribution in [0.1, 0.15) is 38.2 Å². The summed E-state index contributed by atoms with van der Waals surface area (Å²) in [5.74, 6) is 0.936. The van der Waals surface area contributed by atoms with E-state index in [2.05, 4.69) is 46.0 Å². The zero-order valence-electron chi connectivity index (χ0n) is 11.9. The standard InChI is InChI=1S/C16H25BrN2/c1-2-3-13-7-10-19(11-8-13)16-12-15(17)5-4-14(16)6-9-18/h4-5,12-13H,2-3,6-11,18H2,1H3. The number of nitrogens with zero attached hydrogens (tertiary/aromatic N) is 1. The Morgan fingerprint density at radius 2 is 2.05 bits per heavy atom. The highest BCUT2D eigenvalue weighted by molar-refractivity contribution is 9.10. The lowest BCUT2D eigenvalue weighted by Crippen LogP contribution is -2.34. The van der Waals surface area contributed by atoms with Crippen LogP contribution in [0, 0.1) is 5.92 Å². The van der Waals surface area contributed by atoms with Crippen molar-refractivity contribution in [3.63, 3.8) is 0 Å². The third-order valence-electron chi connectivity index (χ3n) is 4.11. The van der Waals surface area contributed by atoms with E-state index in [0.717, 1.165) is 18.9 Å². The molecule has 1 aromatic carbocycles. The molecular formula is C16H25BrN2. The first-order valence-corrected chi connectivity index (χ1v) is 8.27. The molecule has 1 aliphatic heterocycles. The molecule has 0 saturated carbocycles. The van der Waals surface area contributed by atoms with E-state index in [0.29, 0.717) is 0 Å². The summed E-state index contributed by atoms with van der Waals surface area (Å²) in [6.45, 7) is 5.40. The van der Waals surface area contributed by atoms with Crippen molar-refractivity contribution >= 4 is 21.6 Å². The van der Waals surface area contributed by atoms with E-state index in [1.165, 1.54) is 54.5 Å². The molecule has 0 atom stereocenters. The van der Waals surface area contributed by atoms with Crippen molar-refractivity contribution in [1.29, 1.82) is 0 Å². The molecule has 0 amide bonds. The molecule has 1 aliphatic rings. The van der Waals surface area contributed by atoms with Gasteiger partial charge in [-0.1, -0.05) is 41.8 Å². The first-order valence-electron chi connectivity index (χ1n) is 7.48. The maximum absolute atomic E-state index is 5.73. The SMILES string of the molecule is CCCC1CCN(c2cc(Br)ccc2CCN)CC1. The average Bonchev–Trinajstić information content (AvgIpc) is 2.42. The highest BCUT2D eigenvalue weighted by Gasteiger charge is 2.20. The van der Waals surface area contributed by atoms with Crippen LogP contribution in [0.25, 0.3) is 0 Å². The zero-order chi connectivity index (χ0) is 13.7. The lowest BCUT2D eigenvalue weighted by molar-refractivity contribution is 0.378. The molecule has 2 rings (SSSR count). The van der Waals surface area contributed by atoms with Gasteiger partial charge >= 0.3 is 0 Å². The number of nitrogens with two attached hydrogens (primary N) is 1. The Hall–Kier alpha value is -0.540. The molecule has 0 unspecified atom stereocenters. The van der Waals surface area contributed by atoms with Crippen LogP contribution in [0.2, 0.25) is 0 Å². The van der Waals surface area contributed by atoms with Gasteiger partial charge in [-0.2, -0.15) is 0 Å². The Kier molecular flexibility index (Phi) is 5.71. The number of hydrogen-bond acceptors (Lipinski definition) is 2. The number of benzene rings is 1. The molecule has 0 bridgehead atoms. The number of hydrogen-bond donors (Lipinski definition) is 1. The summed E-state index contributed by atoms with van der Waals surface area (Å²) in [7, 11) is 0. The van der Waals surface area contributed by atoms with Crippen LogP contribution in [0.4, 0.5) is 5.69 Å². The van der Waals surface area contributed by atoms with Crippen molar-refractivity contribution in [2.45, 2.75) is 39.0 Å². The van der Waals surface area contributed by atoms with Gasteiger partial charge in [0.1, 0.15) is 0 Å². The average molecular weight is 325 g/mol. The van der Waals surface area contributed by atoms with Gasteiger partial charge in [0.15, 0.2) is 0 Å². The lowest BCUT2D eigenvalue weighted by atomic mass is 9.92. The Labute approximate surface area is 125 Å². The molecule has 1 saturated heterocycles. The van der Waals surface area contributed by atoms with Crippen molar-refractivity contribution in [3.8, 4) is 0 Å². The summed E-state index contributed by atoms with van der Waals surface area (Å²) < 4.78 is 1.17. The smallest absolute Gasteiger partial charge is 0.0410 e. The highest BCUT2D eigenvalue weighted by atomic mass is 79.9. The van der Waals surface area contributed by atoms with Crippen LogP contribution in [0.5, 0.6) is 0 Å². The molecule has 0 spiro atoms. The Morgan fingerprint density at radius 1 is 1.32 bits per heavy atom. The zero-order valence-corrected chi connectivity index (χ0v) is 13.5. The van der Waals surface area contributed by atoms with E-state index in [9.17, 15) is 0 Å². The van der Waals surface area contributed by atoms with Gasteiger partial charge in [0, 0.05) is 23.2 Å². The van der Waals surface area contributed by atoms with Crippen LogP contribution in [-0.2, 0) is 6.42 Å². The van der Waals surface area contributed by atoms with Gasteiger partial charge in [-0.3, -0.25) is 0 Å². The molecule has 1 heterocycles. The molecule has 0 aliphatic carbocycles. The third-order valence-corrected chi connectivity index (χ3v) is 4.61. The molecule has 3 heteroatoms. The summed E-state index contributed by atoms with van der Waals surface area (Å²) in [6.07, 6.45) is 6.35. The predicted molar refractivity (Wildman–Crippen MR) is 86.7 cm³/mol. The fraction of sp³-hybridized carbons (Fsp3) is 0.625. The van der Waals surface area contributed by atoms with E-state index in [1.54, 1.807) is 0 Å². The third kappa shape index (κ3) is 3.96. The predicted octanol–water partition coefficient (Wildman–Crippen LogP) is 3.97. The minimum Gasteiger partial charge on any atom is -0.371 e. The first kappa shape index (κ1) is 14.9. The van der Waals surface area contributed by atoms with Crippen molar-refractivity contribution in [2.75, 3.05) is 24.5 Å². The van der Waals surface area contributed by atoms with Crippen LogP contribution in [-0.4, -0.2) is 19.6 Å². The van der Waals surface area contributed by atoms with Gasteiger partial charge in [-0.15, -0.1) is 0 Å². The maximum atomic E-state index is 5.73. The second kappa shape index (κ2) is 7.30. The van der Waals surface area contributed by atoms with E-state index in [4.69, 9.17) is 5.73 Å². The van der Waals surface area contributed by atoms with Crippen molar-refractivity contribution in [2.24, 2.45) is 11.7 Å². The van der Waals surface area contributed by atoms with Gasteiger partial charge in [-0.25, -0.2) is 0 Å². The van der Waals surface area contributed by atoms with Gasteiger partial charge in [0.05, 0.1) is 0 Å². The second-order valence-corrected chi connectivity index (χ2v) is 6.45. The Balaban J connectivity index is 2.07. The van der Waals surface area contributed by atoms with E-state index < -0.39 is 0 Å². The topological polar surface area (TPSA) is 29.3 Å². The van der Waals surface area contributed by atoms with Crippen LogP contribution < -0.4 is 10.6 Å². The van der Waals surface area contributed by atoms with Crippen molar-refractivity contribution in [1.82, 2.24) is 0 Å². The number of halogens is 1. The summed E-state index contributed by atoms with van der Waals surface area (Å²) >= 11 is 3.59. The normalized spacial score (nSPS) is 16.9. The molecule has 1 aromatic rings. The van der Waals surface area contributed by atoms with Gasteiger partial charge < -0.3 is 10.6 Å². The summed E-state index contributed by atoms with van der Waals surface area (Å²) in [5.41, 5.74) is 8.50. The molecule has 2 nitrogen and oxygen atoms in total. The van der Waals surface area contributed by atoms with Gasteiger partial charge in [0.25, 0.3) is 0 Å². The molecule has 19 heavy (non-hydrogen) atoms. The van der Waals surface area contributed by atoms with Crippen LogP contribution >= 0.6 is 15.9 Å². The number of piperidine rings is 1. The molecule has 0 radical (unpaired) electrons. The van der Waals surface area contributed by atoms with E-state index >= 15 is 0 Å². The van der Waals surface area contributed by atoms with Crippen LogP contribution in [0.15, 0.2) is 22.7 Å². The first-order chi connectivity index (χ1) is 9.24. The molecule has 106 valence electrons. The second-order valence-electron chi connectivity index (χ2n) is 5.53.